The van der Waals surface area contributed by atoms with Crippen LogP contribution in [0, 0.1) is 0 Å². The second-order valence-corrected chi connectivity index (χ2v) is 12.8. The minimum atomic E-state index is -1.31. The molecule has 2 atom stereocenters. The first-order valence-electron chi connectivity index (χ1n) is 16.4. The topological polar surface area (TPSA) is 89.4 Å². The Balaban J connectivity index is 1.37. The average Bonchev–Trinajstić information content (AvgIpc) is 3.54. The van der Waals surface area contributed by atoms with Gasteiger partial charge in [0.25, 0.3) is 5.91 Å². The van der Waals surface area contributed by atoms with Crippen molar-refractivity contribution in [3.63, 3.8) is 0 Å². The number of ether oxygens (including phenoxy) is 3. The van der Waals surface area contributed by atoms with E-state index in [1.54, 1.807) is 7.11 Å². The molecule has 0 spiro atoms. The zero-order valence-electron chi connectivity index (χ0n) is 27.3. The molecule has 7 nitrogen and oxygen atoms in total. The molecule has 250 valence electrons. The van der Waals surface area contributed by atoms with E-state index >= 15 is 0 Å². The number of halogens is 1. The van der Waals surface area contributed by atoms with E-state index in [9.17, 15) is 4.79 Å². The lowest BCUT2D eigenvalue weighted by atomic mass is 9.81. The third-order valence-corrected chi connectivity index (χ3v) is 9.14. The van der Waals surface area contributed by atoms with Crippen LogP contribution >= 0.6 is 15.9 Å². The second kappa shape index (κ2) is 16.0. The zero-order chi connectivity index (χ0) is 34.1. The molecule has 0 aliphatic carbocycles. The maximum atomic E-state index is 14.7. The molecule has 0 radical (unpaired) electrons. The molecule has 1 aliphatic heterocycles. The largest absolute Gasteiger partial charge is 0.496 e. The molecular weight excluding hydrogens is 680 g/mol. The van der Waals surface area contributed by atoms with Gasteiger partial charge in [0.15, 0.2) is 11.6 Å². The molecule has 0 saturated heterocycles. The molecule has 8 heteroatoms. The van der Waals surface area contributed by atoms with Gasteiger partial charge in [-0.3, -0.25) is 4.79 Å². The minimum Gasteiger partial charge on any atom is -0.496 e. The van der Waals surface area contributed by atoms with Gasteiger partial charge in [0.1, 0.15) is 11.5 Å². The highest BCUT2D eigenvalue weighted by Crippen LogP contribution is 2.43. The number of methoxy groups -OCH3 is 1. The van der Waals surface area contributed by atoms with E-state index in [-0.39, 0.29) is 12.5 Å². The highest BCUT2D eigenvalue weighted by atomic mass is 79.9. The fourth-order valence-electron chi connectivity index (χ4n) is 6.05. The van der Waals surface area contributed by atoms with Crippen LogP contribution < -0.4 is 14.8 Å². The monoisotopic (exact) mass is 718 g/mol. The normalized spacial score (nSPS) is 16.8. The smallest absolute Gasteiger partial charge is 0.252 e. The van der Waals surface area contributed by atoms with E-state index in [0.717, 1.165) is 43.6 Å². The first-order chi connectivity index (χ1) is 24.0. The number of aliphatic hydroxyl groups excluding tert-OH is 1. The predicted molar refractivity (Wildman–Crippen MR) is 196 cm³/mol. The summed E-state index contributed by atoms with van der Waals surface area (Å²) in [6.07, 6.45) is 0.753. The van der Waals surface area contributed by atoms with E-state index in [0.29, 0.717) is 44.1 Å². The molecule has 0 aromatic heterocycles. The molecule has 1 heterocycles. The van der Waals surface area contributed by atoms with Gasteiger partial charge in [-0.1, -0.05) is 101 Å². The quantitative estimate of drug-likeness (QED) is 0.115. The summed E-state index contributed by atoms with van der Waals surface area (Å²) in [5.74, 6) is 1.63. The number of amides is 1. The Morgan fingerprint density at radius 2 is 1.53 bits per heavy atom. The highest BCUT2D eigenvalue weighted by molar-refractivity contribution is 9.10. The lowest BCUT2D eigenvalue weighted by Crippen LogP contribution is -2.50. The van der Waals surface area contributed by atoms with Crippen LogP contribution in [-0.2, 0) is 22.4 Å². The molecule has 6 rings (SSSR count). The summed E-state index contributed by atoms with van der Waals surface area (Å²) in [6.45, 7) is 0.878. The van der Waals surface area contributed by atoms with Gasteiger partial charge in [-0.25, -0.2) is 4.99 Å². The van der Waals surface area contributed by atoms with Crippen LogP contribution in [0.15, 0.2) is 137 Å². The molecule has 1 amide bonds. The fourth-order valence-corrected chi connectivity index (χ4v) is 6.31. The molecule has 0 saturated carbocycles. The molecule has 0 fully saturated rings. The van der Waals surface area contributed by atoms with Gasteiger partial charge in [-0.15, -0.1) is 0 Å². The van der Waals surface area contributed by atoms with Crippen LogP contribution in [0.25, 0.3) is 11.1 Å². The number of para-hydroxylation sites is 1. The first-order valence-corrected chi connectivity index (χ1v) is 17.2. The van der Waals surface area contributed by atoms with Crippen LogP contribution in [0.4, 0.5) is 0 Å². The van der Waals surface area contributed by atoms with Crippen LogP contribution in [0.5, 0.6) is 11.5 Å². The van der Waals surface area contributed by atoms with Crippen molar-refractivity contribution in [3.05, 3.63) is 154 Å². The van der Waals surface area contributed by atoms with Crippen molar-refractivity contribution in [1.82, 2.24) is 5.32 Å². The van der Waals surface area contributed by atoms with Crippen molar-refractivity contribution < 1.29 is 24.1 Å². The maximum Gasteiger partial charge on any atom is 0.252 e. The van der Waals surface area contributed by atoms with Crippen molar-refractivity contribution in [2.24, 2.45) is 4.99 Å². The number of hydrogen-bond donors (Lipinski definition) is 2. The molecule has 5 aromatic carbocycles. The van der Waals surface area contributed by atoms with Crippen molar-refractivity contribution in [2.75, 3.05) is 26.9 Å². The number of benzene rings is 5. The standard InChI is InChI=1S/C41H39BrN2O5/c1-47-37-11-6-5-10-32(37)24-25-43-40(46)41(28-29-12-20-35(42)21-13-29)38(33-16-14-31(15-17-33)30-8-3-2-4-9-30)49-39(44-41)34-18-22-36(23-19-34)48-27-7-26-45/h2-6,8-23,38,45H,7,24-28H2,1H3,(H,43,46)/t38-,41-/m1/s1. The maximum absolute atomic E-state index is 14.7. The van der Waals surface area contributed by atoms with E-state index in [1.165, 1.54) is 0 Å². The van der Waals surface area contributed by atoms with E-state index in [1.807, 2.05) is 103 Å². The summed E-state index contributed by atoms with van der Waals surface area (Å²) in [5, 5.41) is 12.3. The number of carbonyl (C=O) groups is 1. The van der Waals surface area contributed by atoms with Crippen molar-refractivity contribution in [2.45, 2.75) is 30.9 Å². The Labute approximate surface area is 295 Å². The molecule has 5 aromatic rings. The van der Waals surface area contributed by atoms with Crippen LogP contribution in [0.3, 0.4) is 0 Å². The molecule has 49 heavy (non-hydrogen) atoms. The van der Waals surface area contributed by atoms with Gasteiger partial charge < -0.3 is 24.6 Å². The number of aliphatic hydroxyl groups is 1. The Kier molecular flexibility index (Phi) is 11.1. The number of hydrogen-bond acceptors (Lipinski definition) is 6. The number of carbonyl (C=O) groups excluding carboxylic acids is 1. The lowest BCUT2D eigenvalue weighted by molar-refractivity contribution is -0.128. The summed E-state index contributed by atoms with van der Waals surface area (Å²) >= 11 is 3.54. The van der Waals surface area contributed by atoms with Crippen LogP contribution in [0.2, 0.25) is 0 Å². The van der Waals surface area contributed by atoms with Crippen LogP contribution in [0.1, 0.15) is 34.8 Å². The van der Waals surface area contributed by atoms with Crippen molar-refractivity contribution in [1.29, 1.82) is 0 Å². The molecule has 0 bridgehead atoms. The number of rotatable bonds is 14. The first kappa shape index (κ1) is 34.0. The molecular formula is C41H39BrN2O5. The van der Waals surface area contributed by atoms with Gasteiger partial charge in [0, 0.05) is 36.0 Å². The van der Waals surface area contributed by atoms with E-state index < -0.39 is 11.6 Å². The Morgan fingerprint density at radius 3 is 2.24 bits per heavy atom. The second-order valence-electron chi connectivity index (χ2n) is 11.9. The Bertz CT molecular complexity index is 1860. The van der Waals surface area contributed by atoms with Gasteiger partial charge in [0.05, 0.1) is 13.7 Å². The molecule has 2 N–H and O–H groups in total. The minimum absolute atomic E-state index is 0.0673. The summed E-state index contributed by atoms with van der Waals surface area (Å²) in [5.41, 5.74) is 4.41. The van der Waals surface area contributed by atoms with Gasteiger partial charge in [-0.2, -0.15) is 0 Å². The third kappa shape index (κ3) is 8.04. The number of nitrogens with zero attached hydrogens (tertiary/aromatic N) is 1. The Hall–Kier alpha value is -4.92. The average molecular weight is 720 g/mol. The van der Waals surface area contributed by atoms with E-state index in [2.05, 4.69) is 45.5 Å². The van der Waals surface area contributed by atoms with Gasteiger partial charge in [0.2, 0.25) is 5.90 Å². The third-order valence-electron chi connectivity index (χ3n) is 8.61. The lowest BCUT2D eigenvalue weighted by Gasteiger charge is -2.31. The molecule has 0 unspecified atom stereocenters. The summed E-state index contributed by atoms with van der Waals surface area (Å²) in [4.78, 5) is 19.8. The molecule has 1 aliphatic rings. The SMILES string of the molecule is COc1ccccc1CCNC(=O)[C@]1(Cc2ccc(Br)cc2)N=C(c2ccc(OCCCO)cc2)O[C@@H]1c1ccc(-c2ccccc2)cc1. The number of nitrogens with one attached hydrogen (secondary N) is 1. The van der Waals surface area contributed by atoms with Gasteiger partial charge in [-0.05, 0) is 76.7 Å². The highest BCUT2D eigenvalue weighted by Gasteiger charge is 2.53. The van der Waals surface area contributed by atoms with Crippen molar-refractivity contribution >= 4 is 27.7 Å². The summed E-state index contributed by atoms with van der Waals surface area (Å²) in [6, 6.07) is 41.6. The van der Waals surface area contributed by atoms with Crippen LogP contribution in [-0.4, -0.2) is 49.3 Å². The fraction of sp³-hybridized carbons (Fsp3) is 0.220. The van der Waals surface area contributed by atoms with Gasteiger partial charge >= 0.3 is 0 Å². The van der Waals surface area contributed by atoms with Crippen molar-refractivity contribution in [3.8, 4) is 22.6 Å². The summed E-state index contributed by atoms with van der Waals surface area (Å²) < 4.78 is 19.0. The Morgan fingerprint density at radius 1 is 0.857 bits per heavy atom. The summed E-state index contributed by atoms with van der Waals surface area (Å²) in [7, 11) is 1.65. The number of aliphatic imine (C=N–C) groups is 1. The predicted octanol–water partition coefficient (Wildman–Crippen LogP) is 7.74. The zero-order valence-corrected chi connectivity index (χ0v) is 28.9. The van der Waals surface area contributed by atoms with E-state index in [4.69, 9.17) is 24.3 Å².